The Hall–Kier alpha value is -1.63. The quantitative estimate of drug-likeness (QED) is 0.534. The molecular formula is C22H40N+. The summed E-state index contributed by atoms with van der Waals surface area (Å²) in [5.74, 6) is 0.721. The van der Waals surface area contributed by atoms with Crippen LogP contribution < -0.4 is 4.99 Å². The molecule has 0 amide bonds. The zero-order valence-corrected chi connectivity index (χ0v) is 16.7. The lowest BCUT2D eigenvalue weighted by molar-refractivity contribution is -0.409. The van der Waals surface area contributed by atoms with Gasteiger partial charge in [0.05, 0.1) is 0 Å². The topological polar surface area (TPSA) is 14.0 Å². The minimum atomic E-state index is 0.721. The second-order valence-corrected chi connectivity index (χ2v) is 4.72. The minimum absolute atomic E-state index is 0.721. The second kappa shape index (κ2) is 22.6. The van der Waals surface area contributed by atoms with Crippen molar-refractivity contribution in [2.45, 2.75) is 66.7 Å². The Morgan fingerprint density at radius 2 is 1.48 bits per heavy atom. The van der Waals surface area contributed by atoms with E-state index in [4.69, 9.17) is 0 Å². The van der Waals surface area contributed by atoms with E-state index in [1.165, 1.54) is 24.0 Å². The van der Waals surface area contributed by atoms with Crippen molar-refractivity contribution in [3.63, 3.8) is 0 Å². The van der Waals surface area contributed by atoms with Gasteiger partial charge in [-0.15, -0.1) is 0 Å². The molecular weight excluding hydrogens is 278 g/mol. The van der Waals surface area contributed by atoms with Crippen molar-refractivity contribution in [2.75, 3.05) is 7.05 Å². The van der Waals surface area contributed by atoms with E-state index in [2.05, 4.69) is 75.5 Å². The van der Waals surface area contributed by atoms with Crippen LogP contribution in [0.25, 0.3) is 6.08 Å². The standard InChI is InChI=1S/C13H18.C5H10.C2H5N.C2H6/c1-4-11-7-9-13(10-8-11)12(5-2)6-3;1-3-5-4-2;1-3-2;1-2/h4,7-10,12H,1,5-6H2,2-3H3;3,5H,4H2,1-2H3;1H2,2H3;1-2H3/p+1/b;5-3-;;. The van der Waals surface area contributed by atoms with Crippen molar-refractivity contribution in [3.05, 3.63) is 54.1 Å². The van der Waals surface area contributed by atoms with Gasteiger partial charge < -0.3 is 0 Å². The van der Waals surface area contributed by atoms with E-state index in [9.17, 15) is 0 Å². The smallest absolute Gasteiger partial charge is 0.130 e. The van der Waals surface area contributed by atoms with Crippen molar-refractivity contribution in [2.24, 2.45) is 0 Å². The molecule has 132 valence electrons. The number of hydrogen-bond donors (Lipinski definition) is 1. The lowest BCUT2D eigenvalue weighted by Crippen LogP contribution is -2.59. The number of allylic oxidation sites excluding steroid dienone is 2. The zero-order valence-electron chi connectivity index (χ0n) is 16.7. The van der Waals surface area contributed by atoms with E-state index in [0.717, 1.165) is 12.3 Å². The normalized spacial score (nSPS) is 8.87. The molecule has 0 saturated heterocycles. The van der Waals surface area contributed by atoms with Gasteiger partial charge in [0.1, 0.15) is 13.8 Å². The van der Waals surface area contributed by atoms with Gasteiger partial charge in [0.15, 0.2) is 0 Å². The fraction of sp³-hybridized carbons (Fsp3) is 0.500. The van der Waals surface area contributed by atoms with Crippen LogP contribution in [0.3, 0.4) is 0 Å². The molecule has 0 radical (unpaired) electrons. The van der Waals surface area contributed by atoms with Gasteiger partial charge in [0.25, 0.3) is 0 Å². The predicted octanol–water partition coefficient (Wildman–Crippen LogP) is 5.63. The van der Waals surface area contributed by atoms with Crippen LogP contribution in [0.2, 0.25) is 0 Å². The van der Waals surface area contributed by atoms with Crippen molar-refractivity contribution in [1.29, 1.82) is 0 Å². The molecule has 1 N–H and O–H groups in total. The second-order valence-electron chi connectivity index (χ2n) is 4.72. The zero-order chi connectivity index (χ0) is 18.5. The van der Waals surface area contributed by atoms with Gasteiger partial charge in [-0.25, -0.2) is 0 Å². The molecule has 0 aliphatic carbocycles. The molecule has 0 unspecified atom stereocenters. The Kier molecular flexibility index (Phi) is 25.9. The average molecular weight is 319 g/mol. The van der Waals surface area contributed by atoms with Crippen LogP contribution in [0.15, 0.2) is 43.0 Å². The Bertz CT molecular complexity index is 369. The highest BCUT2D eigenvalue weighted by Gasteiger charge is 2.05. The molecule has 0 fully saturated rings. The summed E-state index contributed by atoms with van der Waals surface area (Å²) in [4.78, 5) is 2.50. The number of benzene rings is 1. The number of nitrogens with one attached hydrogen (secondary N) is 1. The molecule has 1 rings (SSSR count). The molecule has 0 aliphatic rings. The largest absolute Gasteiger partial charge is 0.257 e. The first-order chi connectivity index (χ1) is 11.1. The summed E-state index contributed by atoms with van der Waals surface area (Å²) in [6, 6.07) is 8.71. The maximum atomic E-state index is 3.75. The fourth-order valence-corrected chi connectivity index (χ4v) is 1.90. The third-order valence-corrected chi connectivity index (χ3v) is 3.10. The summed E-state index contributed by atoms with van der Waals surface area (Å²) >= 11 is 0. The van der Waals surface area contributed by atoms with Gasteiger partial charge in [0, 0.05) is 0 Å². The van der Waals surface area contributed by atoms with Crippen LogP contribution >= 0.6 is 0 Å². The highest BCUT2D eigenvalue weighted by molar-refractivity contribution is 5.47. The highest BCUT2D eigenvalue weighted by atomic mass is 14.6. The molecule has 0 saturated carbocycles. The highest BCUT2D eigenvalue weighted by Crippen LogP contribution is 2.22. The fourth-order valence-electron chi connectivity index (χ4n) is 1.90. The van der Waals surface area contributed by atoms with Gasteiger partial charge in [-0.1, -0.05) is 83.7 Å². The Balaban J connectivity index is -0.000000334. The maximum absolute atomic E-state index is 3.75. The van der Waals surface area contributed by atoms with Gasteiger partial charge in [0.2, 0.25) is 0 Å². The molecule has 1 aromatic rings. The summed E-state index contributed by atoms with van der Waals surface area (Å²) in [5.41, 5.74) is 2.66. The molecule has 1 nitrogen and oxygen atoms in total. The van der Waals surface area contributed by atoms with Crippen molar-refractivity contribution in [3.8, 4) is 0 Å². The van der Waals surface area contributed by atoms with Crippen LogP contribution in [0.4, 0.5) is 0 Å². The third-order valence-electron chi connectivity index (χ3n) is 3.10. The first-order valence-corrected chi connectivity index (χ1v) is 8.92. The Morgan fingerprint density at radius 3 is 1.70 bits per heavy atom. The van der Waals surface area contributed by atoms with E-state index in [1.54, 1.807) is 7.05 Å². The van der Waals surface area contributed by atoms with Crippen LogP contribution in [0, 0.1) is 0 Å². The molecule has 1 aromatic carbocycles. The van der Waals surface area contributed by atoms with Crippen molar-refractivity contribution >= 4 is 12.8 Å². The van der Waals surface area contributed by atoms with Crippen molar-refractivity contribution < 1.29 is 4.99 Å². The summed E-state index contributed by atoms with van der Waals surface area (Å²) in [5, 5.41) is 0. The predicted molar refractivity (Wildman–Crippen MR) is 110 cm³/mol. The third kappa shape index (κ3) is 16.6. The van der Waals surface area contributed by atoms with E-state index < -0.39 is 0 Å². The number of hydrogen-bond acceptors (Lipinski definition) is 0. The van der Waals surface area contributed by atoms with Gasteiger partial charge in [-0.3, -0.25) is 4.99 Å². The Labute approximate surface area is 146 Å². The lowest BCUT2D eigenvalue weighted by atomic mass is 9.93. The van der Waals surface area contributed by atoms with E-state index in [-0.39, 0.29) is 0 Å². The van der Waals surface area contributed by atoms with Crippen LogP contribution in [0.1, 0.15) is 77.8 Å². The average Bonchev–Trinajstić information content (AvgIpc) is 2.60. The minimum Gasteiger partial charge on any atom is -0.257 e. The summed E-state index contributed by atoms with van der Waals surface area (Å²) in [6.07, 6.45) is 9.68. The van der Waals surface area contributed by atoms with E-state index in [0.29, 0.717) is 0 Å². The molecule has 23 heavy (non-hydrogen) atoms. The van der Waals surface area contributed by atoms with Gasteiger partial charge in [-0.2, -0.15) is 0 Å². The summed E-state index contributed by atoms with van der Waals surface area (Å²) < 4.78 is 0. The molecule has 0 spiro atoms. The number of rotatable bonds is 5. The maximum Gasteiger partial charge on any atom is 0.130 e. The molecule has 0 bridgehead atoms. The molecule has 0 heterocycles. The molecule has 0 atom stereocenters. The van der Waals surface area contributed by atoms with Crippen LogP contribution in [-0.4, -0.2) is 13.8 Å². The summed E-state index contributed by atoms with van der Waals surface area (Å²) in [6.45, 7) is 19.6. The molecule has 0 aromatic heterocycles. The van der Waals surface area contributed by atoms with Crippen LogP contribution in [-0.2, 0) is 0 Å². The first-order valence-electron chi connectivity index (χ1n) is 8.92. The van der Waals surface area contributed by atoms with E-state index in [1.807, 2.05) is 26.8 Å². The Morgan fingerprint density at radius 1 is 1.04 bits per heavy atom. The van der Waals surface area contributed by atoms with Crippen LogP contribution in [0.5, 0.6) is 0 Å². The monoisotopic (exact) mass is 318 g/mol. The molecule has 0 aliphatic heterocycles. The van der Waals surface area contributed by atoms with E-state index >= 15 is 0 Å². The lowest BCUT2D eigenvalue weighted by Gasteiger charge is -2.12. The SMILES string of the molecule is C/C=C\CC.C=Cc1ccc(C(CC)CC)cc1.C=[NH+]C.CC. The first kappa shape index (κ1) is 26.3. The molecule has 1 heteroatoms. The van der Waals surface area contributed by atoms with Gasteiger partial charge >= 0.3 is 0 Å². The van der Waals surface area contributed by atoms with Crippen molar-refractivity contribution in [1.82, 2.24) is 0 Å². The van der Waals surface area contributed by atoms with Gasteiger partial charge in [-0.05, 0) is 43.2 Å². The summed E-state index contributed by atoms with van der Waals surface area (Å²) in [7, 11) is 1.76.